The van der Waals surface area contributed by atoms with Gasteiger partial charge < -0.3 is 15.2 Å². The molecule has 0 fully saturated rings. The topological polar surface area (TPSA) is 93.2 Å². The van der Waals surface area contributed by atoms with E-state index in [-0.39, 0.29) is 17.6 Å². The van der Waals surface area contributed by atoms with Crippen LogP contribution in [0.1, 0.15) is 28.8 Å². The molecule has 3 aromatic rings. The number of carbonyl (C=O) groups excluding carboxylic acids is 1. The van der Waals surface area contributed by atoms with E-state index in [1.807, 2.05) is 63.4 Å². The van der Waals surface area contributed by atoms with E-state index >= 15 is 0 Å². The zero-order valence-corrected chi connectivity index (χ0v) is 19.1. The highest BCUT2D eigenvalue weighted by Gasteiger charge is 2.22. The predicted octanol–water partition coefficient (Wildman–Crippen LogP) is 3.52. The molecule has 0 aliphatic rings. The number of nitrogens with two attached hydrogens (primary N) is 1. The van der Waals surface area contributed by atoms with Crippen molar-refractivity contribution in [1.82, 2.24) is 19.5 Å². The van der Waals surface area contributed by atoms with Crippen LogP contribution in [0.3, 0.4) is 0 Å². The van der Waals surface area contributed by atoms with Gasteiger partial charge >= 0.3 is 0 Å². The molecular weight excluding hydrogens is 414 g/mol. The maximum Gasteiger partial charge on any atom is 0.223 e. The zero-order chi connectivity index (χ0) is 22.5. The van der Waals surface area contributed by atoms with Gasteiger partial charge in [-0.25, -0.2) is 0 Å². The number of hydrogen-bond donors (Lipinski definition) is 1. The summed E-state index contributed by atoms with van der Waals surface area (Å²) < 4.78 is 2.11. The number of aromatic nitrogens is 4. The zero-order valence-electron chi connectivity index (χ0n) is 18.3. The number of nitrogens with zero attached hydrogens (tertiary/aromatic N) is 6. The van der Waals surface area contributed by atoms with Crippen LogP contribution in [-0.2, 0) is 17.9 Å². The quantitative estimate of drug-likeness (QED) is 0.403. The van der Waals surface area contributed by atoms with E-state index < -0.39 is 0 Å². The van der Waals surface area contributed by atoms with Crippen LogP contribution in [0.2, 0.25) is 5.15 Å². The number of halogens is 1. The summed E-state index contributed by atoms with van der Waals surface area (Å²) in [7, 11) is 1.91. The van der Waals surface area contributed by atoms with Gasteiger partial charge in [0.15, 0.2) is 11.0 Å². The Morgan fingerprint density at radius 1 is 1.16 bits per heavy atom. The molecule has 3 rings (SSSR count). The lowest BCUT2D eigenvalue weighted by Gasteiger charge is -2.27. The number of nitrogen functional groups attached to an aromatic ring is 1. The van der Waals surface area contributed by atoms with Gasteiger partial charge in [-0.3, -0.25) is 14.7 Å². The van der Waals surface area contributed by atoms with Crippen molar-refractivity contribution in [3.63, 3.8) is 0 Å². The van der Waals surface area contributed by atoms with Crippen LogP contribution in [0.4, 0.5) is 17.5 Å². The molecule has 0 radical (unpaired) electrons. The summed E-state index contributed by atoms with van der Waals surface area (Å²) in [6.07, 6.45) is 7.47. The Hall–Kier alpha value is -3.13. The van der Waals surface area contributed by atoms with Gasteiger partial charge in [-0.1, -0.05) is 11.6 Å². The minimum Gasteiger partial charge on any atom is -0.369 e. The van der Waals surface area contributed by atoms with Crippen molar-refractivity contribution >= 4 is 35.5 Å². The van der Waals surface area contributed by atoms with Crippen molar-refractivity contribution in [2.75, 3.05) is 29.1 Å². The van der Waals surface area contributed by atoms with Crippen LogP contribution in [-0.4, -0.2) is 39.5 Å². The third-order valence-corrected chi connectivity index (χ3v) is 5.78. The molecule has 0 saturated heterocycles. The normalized spacial score (nSPS) is 10.9. The number of rotatable bonds is 9. The molecule has 0 bridgehead atoms. The number of aryl methyl sites for hydroxylation is 2. The average Bonchev–Trinajstić information content (AvgIpc) is 3.24. The van der Waals surface area contributed by atoms with Crippen molar-refractivity contribution < 1.29 is 4.79 Å². The summed E-state index contributed by atoms with van der Waals surface area (Å²) in [6, 6.07) is 3.99. The summed E-state index contributed by atoms with van der Waals surface area (Å²) in [4.78, 5) is 28.5. The minimum absolute atomic E-state index is 0.0149. The number of carbonyl (C=O) groups is 1. The van der Waals surface area contributed by atoms with E-state index in [0.29, 0.717) is 18.1 Å². The number of hydrogen-bond acceptors (Lipinski definition) is 6. The van der Waals surface area contributed by atoms with Crippen LogP contribution in [0.5, 0.6) is 0 Å². The van der Waals surface area contributed by atoms with Gasteiger partial charge in [0.05, 0.1) is 12.2 Å². The Kier molecular flexibility index (Phi) is 7.12. The van der Waals surface area contributed by atoms with E-state index in [9.17, 15) is 4.79 Å². The van der Waals surface area contributed by atoms with Crippen molar-refractivity contribution in [3.05, 3.63) is 58.3 Å². The molecule has 0 aliphatic heterocycles. The Labute approximate surface area is 187 Å². The molecule has 3 heterocycles. The van der Waals surface area contributed by atoms with Crippen LogP contribution in [0.25, 0.3) is 0 Å². The van der Waals surface area contributed by atoms with Gasteiger partial charge in [0.25, 0.3) is 0 Å². The molecule has 8 nitrogen and oxygen atoms in total. The van der Waals surface area contributed by atoms with Crippen molar-refractivity contribution in [2.24, 2.45) is 0 Å². The second-order valence-corrected chi connectivity index (χ2v) is 7.97. The smallest absolute Gasteiger partial charge is 0.223 e. The fraction of sp³-hybridized carbons (Fsp3) is 0.364. The molecule has 0 unspecified atom stereocenters. The molecule has 164 valence electrons. The maximum atomic E-state index is 12.1. The molecule has 0 spiro atoms. The molecule has 2 N–H and O–H groups in total. The first-order chi connectivity index (χ1) is 14.8. The number of pyridine rings is 1. The van der Waals surface area contributed by atoms with Crippen LogP contribution < -0.4 is 15.5 Å². The Balaban J connectivity index is 1.88. The molecule has 0 saturated carbocycles. The molecular formula is C22H28ClN7O. The maximum absolute atomic E-state index is 12.1. The van der Waals surface area contributed by atoms with E-state index in [1.165, 1.54) is 4.90 Å². The van der Waals surface area contributed by atoms with E-state index in [2.05, 4.69) is 19.5 Å². The molecule has 31 heavy (non-hydrogen) atoms. The van der Waals surface area contributed by atoms with Crippen molar-refractivity contribution in [1.29, 1.82) is 0 Å². The first kappa shape index (κ1) is 22.6. The highest BCUT2D eigenvalue weighted by Crippen LogP contribution is 2.34. The highest BCUT2D eigenvalue weighted by molar-refractivity contribution is 6.32. The molecule has 0 aromatic carbocycles. The Morgan fingerprint density at radius 2 is 1.87 bits per heavy atom. The van der Waals surface area contributed by atoms with Gasteiger partial charge in [0.2, 0.25) is 12.4 Å². The predicted molar refractivity (Wildman–Crippen MR) is 124 cm³/mol. The first-order valence-corrected chi connectivity index (χ1v) is 10.5. The fourth-order valence-corrected chi connectivity index (χ4v) is 3.76. The molecule has 9 heteroatoms. The van der Waals surface area contributed by atoms with E-state index in [4.69, 9.17) is 17.3 Å². The van der Waals surface area contributed by atoms with Gasteiger partial charge in [0, 0.05) is 38.7 Å². The van der Waals surface area contributed by atoms with E-state index in [0.717, 1.165) is 41.8 Å². The standard InChI is InChI=1S/C22H28ClN7O/c1-15-12-25-18(17(3)16(15)2)13-30(14-31)21-19(20(23)26-22(24)27-21)28(4)8-7-11-29-9-5-6-10-29/h5-6,9-10,12,14H,7-8,11,13H2,1-4H3,(H2,24,26,27). The minimum atomic E-state index is 0.0149. The van der Waals surface area contributed by atoms with Crippen molar-refractivity contribution in [3.8, 4) is 0 Å². The summed E-state index contributed by atoms with van der Waals surface area (Å²) in [6.45, 7) is 7.89. The summed E-state index contributed by atoms with van der Waals surface area (Å²) in [5.41, 5.74) is 10.5. The fourth-order valence-electron chi connectivity index (χ4n) is 3.45. The Bertz CT molecular complexity index is 1050. The first-order valence-electron chi connectivity index (χ1n) is 10.1. The van der Waals surface area contributed by atoms with Gasteiger partial charge in [-0.05, 0) is 56.0 Å². The van der Waals surface area contributed by atoms with Gasteiger partial charge in [0.1, 0.15) is 5.69 Å². The highest BCUT2D eigenvalue weighted by atomic mass is 35.5. The molecule has 1 amide bonds. The number of anilines is 3. The molecule has 0 aliphatic carbocycles. The third kappa shape index (κ3) is 5.14. The molecule has 0 atom stereocenters. The van der Waals surface area contributed by atoms with Crippen LogP contribution in [0.15, 0.2) is 30.7 Å². The van der Waals surface area contributed by atoms with Crippen LogP contribution in [0, 0.1) is 20.8 Å². The molecule has 3 aromatic heterocycles. The summed E-state index contributed by atoms with van der Waals surface area (Å²) in [5.74, 6) is 0.386. The summed E-state index contributed by atoms with van der Waals surface area (Å²) >= 11 is 6.45. The van der Waals surface area contributed by atoms with Gasteiger partial charge in [-0.2, -0.15) is 9.97 Å². The van der Waals surface area contributed by atoms with Crippen molar-refractivity contribution in [2.45, 2.75) is 40.3 Å². The lowest BCUT2D eigenvalue weighted by Crippen LogP contribution is -2.29. The summed E-state index contributed by atoms with van der Waals surface area (Å²) in [5, 5.41) is 0.211. The monoisotopic (exact) mass is 441 g/mol. The Morgan fingerprint density at radius 3 is 2.55 bits per heavy atom. The number of amides is 1. The second-order valence-electron chi connectivity index (χ2n) is 7.61. The van der Waals surface area contributed by atoms with Crippen LogP contribution >= 0.6 is 11.6 Å². The SMILES string of the molecule is Cc1cnc(CN(C=O)c2nc(N)nc(Cl)c2N(C)CCCn2cccc2)c(C)c1C. The lowest BCUT2D eigenvalue weighted by atomic mass is 10.0. The van der Waals surface area contributed by atoms with Gasteiger partial charge in [-0.15, -0.1) is 0 Å². The largest absolute Gasteiger partial charge is 0.369 e. The lowest BCUT2D eigenvalue weighted by molar-refractivity contribution is -0.107. The third-order valence-electron chi connectivity index (χ3n) is 5.52. The average molecular weight is 442 g/mol. The second kappa shape index (κ2) is 9.78. The van der Waals surface area contributed by atoms with E-state index in [1.54, 1.807) is 0 Å².